The van der Waals surface area contributed by atoms with E-state index in [1.807, 2.05) is 68.4 Å². The van der Waals surface area contributed by atoms with Crippen molar-refractivity contribution < 1.29 is 28.5 Å². The van der Waals surface area contributed by atoms with Crippen LogP contribution >= 0.6 is 0 Å². The number of carbonyl (C=O) groups excluding carboxylic acids is 1. The fourth-order valence-electron chi connectivity index (χ4n) is 5.30. The Kier molecular flexibility index (Phi) is 6.95. The van der Waals surface area contributed by atoms with E-state index in [1.54, 1.807) is 0 Å². The topological polar surface area (TPSA) is 63.2 Å². The molecule has 2 aliphatic heterocycles. The molecule has 2 saturated heterocycles. The number of hydrogen-bond acceptors (Lipinski definition) is 6. The van der Waals surface area contributed by atoms with Crippen molar-refractivity contribution in [2.75, 3.05) is 13.7 Å². The van der Waals surface area contributed by atoms with Gasteiger partial charge in [-0.05, 0) is 30.5 Å². The van der Waals surface area contributed by atoms with Crippen LogP contribution in [-0.2, 0) is 34.1 Å². The first kappa shape index (κ1) is 24.7. The van der Waals surface area contributed by atoms with Gasteiger partial charge in [0.15, 0.2) is 12.1 Å². The second-order valence-electron chi connectivity index (χ2n) is 9.68. The van der Waals surface area contributed by atoms with E-state index >= 15 is 0 Å². The van der Waals surface area contributed by atoms with Crippen LogP contribution in [0.25, 0.3) is 0 Å². The second-order valence-corrected chi connectivity index (χ2v) is 9.68. The van der Waals surface area contributed by atoms with Crippen LogP contribution < -0.4 is 0 Å². The Morgan fingerprint density at radius 1 is 0.833 bits per heavy atom. The molecular formula is C30H32O6. The van der Waals surface area contributed by atoms with Gasteiger partial charge in [0.2, 0.25) is 0 Å². The Bertz CT molecular complexity index is 1050. The van der Waals surface area contributed by atoms with Crippen LogP contribution in [0.3, 0.4) is 0 Å². The lowest BCUT2D eigenvalue weighted by Gasteiger charge is -2.37. The quantitative estimate of drug-likeness (QED) is 0.327. The fraction of sp³-hybridized carbons (Fsp3) is 0.367. The molecule has 4 atom stereocenters. The summed E-state index contributed by atoms with van der Waals surface area (Å²) in [7, 11) is 1.39. The highest BCUT2D eigenvalue weighted by atomic mass is 16.8. The zero-order valence-electron chi connectivity index (χ0n) is 20.8. The normalized spacial score (nSPS) is 24.9. The third-order valence-corrected chi connectivity index (χ3v) is 6.93. The molecule has 3 aromatic rings. The Hall–Kier alpha value is -3.03. The Labute approximate surface area is 212 Å². The summed E-state index contributed by atoms with van der Waals surface area (Å²) in [5.41, 5.74) is 2.11. The van der Waals surface area contributed by atoms with E-state index in [4.69, 9.17) is 23.7 Å². The maximum absolute atomic E-state index is 12.3. The third-order valence-electron chi connectivity index (χ3n) is 6.93. The van der Waals surface area contributed by atoms with Crippen molar-refractivity contribution in [1.82, 2.24) is 0 Å². The predicted molar refractivity (Wildman–Crippen MR) is 134 cm³/mol. The molecule has 6 nitrogen and oxygen atoms in total. The smallest absolute Gasteiger partial charge is 0.305 e. The van der Waals surface area contributed by atoms with Gasteiger partial charge in [0.1, 0.15) is 11.7 Å². The molecule has 0 amide bonds. The lowest BCUT2D eigenvalue weighted by atomic mass is 9.80. The molecule has 2 aliphatic rings. The van der Waals surface area contributed by atoms with Crippen LogP contribution in [0.4, 0.5) is 0 Å². The molecule has 0 aromatic heterocycles. The lowest BCUT2D eigenvalue weighted by molar-refractivity contribution is -0.218. The van der Waals surface area contributed by atoms with Crippen LogP contribution in [0.15, 0.2) is 91.0 Å². The molecule has 0 radical (unpaired) electrons. The molecule has 0 bridgehead atoms. The minimum atomic E-state index is -0.887. The average molecular weight is 489 g/mol. The first-order valence-corrected chi connectivity index (χ1v) is 12.3. The van der Waals surface area contributed by atoms with E-state index in [9.17, 15) is 4.79 Å². The van der Waals surface area contributed by atoms with Crippen molar-refractivity contribution in [2.24, 2.45) is 5.92 Å². The molecule has 2 fully saturated rings. The maximum atomic E-state index is 12.3. The standard InChI is InChI=1S/C30H32O6/c1-29(2)35-27-24(19-26(31)32-3)25(34-28(27)36-29)20-33-30(21-13-7-4-8-14-21,22-15-9-5-10-16-22)23-17-11-6-12-18-23/h4-18,24-25,27-28H,19-20H2,1-3H3/t24-,25+,27?,28+/m0/s1. The highest BCUT2D eigenvalue weighted by Crippen LogP contribution is 2.45. The van der Waals surface area contributed by atoms with E-state index in [1.165, 1.54) is 7.11 Å². The van der Waals surface area contributed by atoms with Gasteiger partial charge in [-0.15, -0.1) is 0 Å². The van der Waals surface area contributed by atoms with Crippen molar-refractivity contribution in [1.29, 1.82) is 0 Å². The van der Waals surface area contributed by atoms with Gasteiger partial charge in [0.05, 0.1) is 26.2 Å². The predicted octanol–water partition coefficient (Wildman–Crippen LogP) is 5.05. The van der Waals surface area contributed by atoms with Crippen LogP contribution in [0, 0.1) is 5.92 Å². The van der Waals surface area contributed by atoms with Gasteiger partial charge in [-0.25, -0.2) is 0 Å². The minimum Gasteiger partial charge on any atom is -0.469 e. The summed E-state index contributed by atoms with van der Waals surface area (Å²) in [6.07, 6.45) is -1.22. The monoisotopic (exact) mass is 488 g/mol. The average Bonchev–Trinajstić information content (AvgIpc) is 3.37. The number of benzene rings is 3. The molecular weight excluding hydrogens is 456 g/mol. The summed E-state index contributed by atoms with van der Waals surface area (Å²) in [6, 6.07) is 30.5. The Morgan fingerprint density at radius 3 is 1.81 bits per heavy atom. The van der Waals surface area contributed by atoms with Gasteiger partial charge in [0.25, 0.3) is 0 Å². The summed E-state index contributed by atoms with van der Waals surface area (Å²) in [6.45, 7) is 3.92. The summed E-state index contributed by atoms with van der Waals surface area (Å²) in [5, 5.41) is 0. The number of methoxy groups -OCH3 is 1. The van der Waals surface area contributed by atoms with Crippen molar-refractivity contribution in [3.63, 3.8) is 0 Å². The van der Waals surface area contributed by atoms with E-state index in [-0.39, 0.29) is 31.0 Å². The van der Waals surface area contributed by atoms with Crippen LogP contribution in [0.5, 0.6) is 0 Å². The molecule has 5 rings (SSSR count). The molecule has 0 spiro atoms. The number of ether oxygens (including phenoxy) is 5. The van der Waals surface area contributed by atoms with Crippen molar-refractivity contribution in [2.45, 2.75) is 50.2 Å². The molecule has 1 unspecified atom stereocenters. The van der Waals surface area contributed by atoms with Gasteiger partial charge in [-0.2, -0.15) is 0 Å². The van der Waals surface area contributed by atoms with E-state index in [0.717, 1.165) is 16.7 Å². The molecule has 2 heterocycles. The maximum Gasteiger partial charge on any atom is 0.305 e. The minimum absolute atomic E-state index is 0.153. The largest absolute Gasteiger partial charge is 0.469 e. The summed E-state index contributed by atoms with van der Waals surface area (Å²) >= 11 is 0. The number of carbonyl (C=O) groups is 1. The van der Waals surface area contributed by atoms with Crippen molar-refractivity contribution in [3.8, 4) is 0 Å². The zero-order chi connectivity index (χ0) is 25.2. The highest BCUT2D eigenvalue weighted by molar-refractivity contribution is 5.69. The lowest BCUT2D eigenvalue weighted by Crippen LogP contribution is -2.39. The summed E-state index contributed by atoms with van der Waals surface area (Å²) in [5.74, 6) is -1.37. The van der Waals surface area contributed by atoms with Crippen LogP contribution in [-0.4, -0.2) is 44.0 Å². The molecule has 36 heavy (non-hydrogen) atoms. The SMILES string of the molecule is COC(=O)C[C@@H]1C2OC(C)(C)O[C@H]2O[C@@H]1COC(c1ccccc1)(c1ccccc1)c1ccccc1. The van der Waals surface area contributed by atoms with Gasteiger partial charge in [-0.1, -0.05) is 91.0 Å². The third kappa shape index (κ3) is 4.70. The van der Waals surface area contributed by atoms with Gasteiger partial charge >= 0.3 is 5.97 Å². The fourth-order valence-corrected chi connectivity index (χ4v) is 5.30. The van der Waals surface area contributed by atoms with E-state index in [2.05, 4.69) is 36.4 Å². The van der Waals surface area contributed by atoms with E-state index < -0.39 is 23.8 Å². The van der Waals surface area contributed by atoms with Gasteiger partial charge in [-0.3, -0.25) is 4.79 Å². The molecule has 3 aromatic carbocycles. The number of rotatable bonds is 8. The molecule has 188 valence electrons. The Balaban J connectivity index is 1.52. The molecule has 6 heteroatoms. The van der Waals surface area contributed by atoms with Crippen molar-refractivity contribution in [3.05, 3.63) is 108 Å². The van der Waals surface area contributed by atoms with Gasteiger partial charge in [0, 0.05) is 5.92 Å². The zero-order valence-corrected chi connectivity index (χ0v) is 20.8. The first-order chi connectivity index (χ1) is 17.4. The number of hydrogen-bond donors (Lipinski definition) is 0. The molecule has 0 aliphatic carbocycles. The summed E-state index contributed by atoms with van der Waals surface area (Å²) < 4.78 is 30.3. The Morgan fingerprint density at radius 2 is 1.33 bits per heavy atom. The summed E-state index contributed by atoms with van der Waals surface area (Å²) in [4.78, 5) is 12.3. The highest BCUT2D eigenvalue weighted by Gasteiger charge is 2.55. The van der Waals surface area contributed by atoms with E-state index in [0.29, 0.717) is 0 Å². The number of esters is 1. The van der Waals surface area contributed by atoms with Crippen molar-refractivity contribution >= 4 is 5.97 Å². The molecule has 0 saturated carbocycles. The van der Waals surface area contributed by atoms with Crippen LogP contribution in [0.1, 0.15) is 37.0 Å². The van der Waals surface area contributed by atoms with Gasteiger partial charge < -0.3 is 23.7 Å². The number of fused-ring (bicyclic) bond motifs is 1. The van der Waals surface area contributed by atoms with Crippen LogP contribution in [0.2, 0.25) is 0 Å². The second kappa shape index (κ2) is 10.1. The molecule has 0 N–H and O–H groups in total. The first-order valence-electron chi connectivity index (χ1n) is 12.3.